The molecule has 0 saturated heterocycles. The van der Waals surface area contributed by atoms with Gasteiger partial charge in [-0.25, -0.2) is 5.43 Å². The molecular weight excluding hydrogens is 428 g/mol. The standard InChI is InChI=1S/C25H21ClN2O4/c1-2-30-22-11-12-23-19(13-22)14-24(32-23)25(29)28-27-15-17-5-9-21(10-6-17)31-16-18-3-7-20(26)8-4-18/h3-15H,2,16H2,1H3,(H,28,29)/b27-15+. The number of carbonyl (C=O) groups is 1. The van der Waals surface area contributed by atoms with Crippen molar-refractivity contribution in [3.63, 3.8) is 0 Å². The largest absolute Gasteiger partial charge is 0.494 e. The average Bonchev–Trinajstić information content (AvgIpc) is 3.23. The molecule has 3 aromatic carbocycles. The van der Waals surface area contributed by atoms with E-state index >= 15 is 0 Å². The quantitative estimate of drug-likeness (QED) is 0.272. The molecule has 0 radical (unpaired) electrons. The van der Waals surface area contributed by atoms with E-state index in [4.69, 9.17) is 25.5 Å². The summed E-state index contributed by atoms with van der Waals surface area (Å²) in [6.07, 6.45) is 1.55. The van der Waals surface area contributed by atoms with Crippen LogP contribution in [0.1, 0.15) is 28.6 Å². The van der Waals surface area contributed by atoms with Gasteiger partial charge in [0.1, 0.15) is 23.7 Å². The van der Waals surface area contributed by atoms with Crippen LogP contribution in [0.15, 0.2) is 82.3 Å². The Bertz CT molecular complexity index is 1230. The second-order valence-corrected chi connectivity index (χ2v) is 7.36. The molecule has 0 aliphatic carbocycles. The predicted molar refractivity (Wildman–Crippen MR) is 125 cm³/mol. The minimum Gasteiger partial charge on any atom is -0.494 e. The molecule has 0 unspecified atom stereocenters. The highest BCUT2D eigenvalue weighted by atomic mass is 35.5. The lowest BCUT2D eigenvalue weighted by Crippen LogP contribution is -2.16. The fourth-order valence-electron chi connectivity index (χ4n) is 3.01. The number of amides is 1. The molecular formula is C25H21ClN2O4. The summed E-state index contributed by atoms with van der Waals surface area (Å²) < 4.78 is 16.8. The topological polar surface area (TPSA) is 73.1 Å². The minimum absolute atomic E-state index is 0.178. The minimum atomic E-state index is -0.432. The molecule has 0 bridgehead atoms. The van der Waals surface area contributed by atoms with E-state index in [1.54, 1.807) is 24.4 Å². The fourth-order valence-corrected chi connectivity index (χ4v) is 3.13. The summed E-state index contributed by atoms with van der Waals surface area (Å²) in [5.74, 6) is 1.20. The maximum Gasteiger partial charge on any atom is 0.307 e. The first-order valence-corrected chi connectivity index (χ1v) is 10.5. The van der Waals surface area contributed by atoms with Gasteiger partial charge < -0.3 is 13.9 Å². The molecule has 0 fully saturated rings. The zero-order valence-corrected chi connectivity index (χ0v) is 18.1. The zero-order valence-electron chi connectivity index (χ0n) is 17.4. The number of halogens is 1. The van der Waals surface area contributed by atoms with E-state index in [0.717, 1.165) is 28.0 Å². The van der Waals surface area contributed by atoms with Crippen molar-refractivity contribution in [3.05, 3.63) is 94.7 Å². The van der Waals surface area contributed by atoms with Crippen LogP contribution in [-0.2, 0) is 6.61 Å². The van der Waals surface area contributed by atoms with Gasteiger partial charge in [-0.1, -0.05) is 23.7 Å². The highest BCUT2D eigenvalue weighted by Gasteiger charge is 2.12. The van der Waals surface area contributed by atoms with E-state index in [0.29, 0.717) is 23.8 Å². The smallest absolute Gasteiger partial charge is 0.307 e. The Morgan fingerprint density at radius 1 is 1.00 bits per heavy atom. The van der Waals surface area contributed by atoms with E-state index in [-0.39, 0.29) is 5.76 Å². The van der Waals surface area contributed by atoms with Crippen molar-refractivity contribution >= 4 is 34.7 Å². The summed E-state index contributed by atoms with van der Waals surface area (Å²) in [4.78, 5) is 12.3. The second-order valence-electron chi connectivity index (χ2n) is 6.93. The van der Waals surface area contributed by atoms with E-state index in [1.807, 2.05) is 61.5 Å². The Kier molecular flexibility index (Phi) is 6.72. The van der Waals surface area contributed by atoms with Crippen molar-refractivity contribution in [2.24, 2.45) is 5.10 Å². The number of benzene rings is 3. The van der Waals surface area contributed by atoms with Crippen molar-refractivity contribution in [2.45, 2.75) is 13.5 Å². The van der Waals surface area contributed by atoms with Gasteiger partial charge in [-0.05, 0) is 78.7 Å². The number of ether oxygens (including phenoxy) is 2. The number of carbonyl (C=O) groups excluding carboxylic acids is 1. The number of furan rings is 1. The summed E-state index contributed by atoms with van der Waals surface area (Å²) in [5, 5.41) is 5.49. The number of hydrogen-bond donors (Lipinski definition) is 1. The first-order valence-electron chi connectivity index (χ1n) is 10.1. The van der Waals surface area contributed by atoms with Crippen molar-refractivity contribution in [1.82, 2.24) is 5.43 Å². The van der Waals surface area contributed by atoms with Crippen molar-refractivity contribution in [2.75, 3.05) is 6.61 Å². The summed E-state index contributed by atoms with van der Waals surface area (Å²) in [7, 11) is 0. The van der Waals surface area contributed by atoms with Crippen LogP contribution in [-0.4, -0.2) is 18.7 Å². The normalized spacial score (nSPS) is 11.1. The maximum atomic E-state index is 12.3. The van der Waals surface area contributed by atoms with Gasteiger partial charge in [0, 0.05) is 10.4 Å². The molecule has 0 saturated carbocycles. The number of hydrogen-bond acceptors (Lipinski definition) is 5. The highest BCUT2D eigenvalue weighted by Crippen LogP contribution is 2.24. The molecule has 0 spiro atoms. The van der Waals surface area contributed by atoms with Crippen LogP contribution < -0.4 is 14.9 Å². The SMILES string of the molecule is CCOc1ccc2oc(C(=O)N/N=C/c3ccc(OCc4ccc(Cl)cc4)cc3)cc2c1. The number of rotatable bonds is 8. The van der Waals surface area contributed by atoms with Crippen LogP contribution in [0.5, 0.6) is 11.5 Å². The van der Waals surface area contributed by atoms with E-state index < -0.39 is 5.91 Å². The first kappa shape index (κ1) is 21.5. The van der Waals surface area contributed by atoms with E-state index in [2.05, 4.69) is 10.5 Å². The predicted octanol–water partition coefficient (Wildman–Crippen LogP) is 5.83. The van der Waals surface area contributed by atoms with Crippen LogP contribution in [0.3, 0.4) is 0 Å². The van der Waals surface area contributed by atoms with Crippen molar-refractivity contribution in [3.8, 4) is 11.5 Å². The Morgan fingerprint density at radius 3 is 2.50 bits per heavy atom. The van der Waals surface area contributed by atoms with Crippen LogP contribution in [0.2, 0.25) is 5.02 Å². The lowest BCUT2D eigenvalue weighted by molar-refractivity contribution is 0.0929. The molecule has 4 aromatic rings. The van der Waals surface area contributed by atoms with Gasteiger partial charge in [-0.15, -0.1) is 0 Å². The molecule has 1 aromatic heterocycles. The van der Waals surface area contributed by atoms with E-state index in [1.165, 1.54) is 0 Å². The number of nitrogens with one attached hydrogen (secondary N) is 1. The summed E-state index contributed by atoms with van der Waals surface area (Å²) >= 11 is 5.89. The molecule has 4 rings (SSSR count). The monoisotopic (exact) mass is 448 g/mol. The zero-order chi connectivity index (χ0) is 22.3. The summed E-state index contributed by atoms with van der Waals surface area (Å²) in [6, 6.07) is 22.0. The number of nitrogens with zero attached hydrogens (tertiary/aromatic N) is 1. The summed E-state index contributed by atoms with van der Waals surface area (Å²) in [5.41, 5.74) is 4.93. The third-order valence-electron chi connectivity index (χ3n) is 4.60. The number of hydrazone groups is 1. The Morgan fingerprint density at radius 2 is 1.75 bits per heavy atom. The third-order valence-corrected chi connectivity index (χ3v) is 4.85. The van der Waals surface area contributed by atoms with Gasteiger partial charge in [-0.2, -0.15) is 5.10 Å². The molecule has 0 aliphatic rings. The van der Waals surface area contributed by atoms with E-state index in [9.17, 15) is 4.79 Å². The van der Waals surface area contributed by atoms with Gasteiger partial charge >= 0.3 is 5.91 Å². The molecule has 0 aliphatic heterocycles. The van der Waals surface area contributed by atoms with Crippen molar-refractivity contribution < 1.29 is 18.7 Å². The van der Waals surface area contributed by atoms with Crippen LogP contribution in [0.4, 0.5) is 0 Å². The molecule has 7 heteroatoms. The summed E-state index contributed by atoms with van der Waals surface area (Å²) in [6.45, 7) is 2.93. The Hall–Kier alpha value is -3.77. The maximum absolute atomic E-state index is 12.3. The van der Waals surface area contributed by atoms with Crippen molar-refractivity contribution in [1.29, 1.82) is 0 Å². The van der Waals surface area contributed by atoms with Gasteiger partial charge in [0.2, 0.25) is 0 Å². The molecule has 0 atom stereocenters. The Labute approximate surface area is 190 Å². The molecule has 32 heavy (non-hydrogen) atoms. The Balaban J connectivity index is 1.31. The third kappa shape index (κ3) is 5.47. The average molecular weight is 449 g/mol. The van der Waals surface area contributed by atoms with Gasteiger partial charge in [-0.3, -0.25) is 4.79 Å². The molecule has 1 N–H and O–H groups in total. The molecule has 1 amide bonds. The molecule has 1 heterocycles. The van der Waals surface area contributed by atoms with Gasteiger partial charge in [0.05, 0.1) is 12.8 Å². The molecule has 162 valence electrons. The lowest BCUT2D eigenvalue weighted by atomic mass is 10.2. The lowest BCUT2D eigenvalue weighted by Gasteiger charge is -2.06. The fraction of sp³-hybridized carbons (Fsp3) is 0.120. The van der Waals surface area contributed by atoms with Crippen LogP contribution >= 0.6 is 11.6 Å². The second kappa shape index (κ2) is 10.0. The van der Waals surface area contributed by atoms with Gasteiger partial charge in [0.15, 0.2) is 5.76 Å². The van der Waals surface area contributed by atoms with Gasteiger partial charge in [0.25, 0.3) is 0 Å². The first-order chi connectivity index (χ1) is 15.6. The number of fused-ring (bicyclic) bond motifs is 1. The van der Waals surface area contributed by atoms with Crippen LogP contribution in [0, 0.1) is 0 Å². The highest BCUT2D eigenvalue weighted by molar-refractivity contribution is 6.30. The van der Waals surface area contributed by atoms with Crippen LogP contribution in [0.25, 0.3) is 11.0 Å². The molecule has 6 nitrogen and oxygen atoms in total.